The van der Waals surface area contributed by atoms with E-state index in [9.17, 15) is 0 Å². The van der Waals surface area contributed by atoms with Crippen molar-refractivity contribution in [2.45, 2.75) is 6.54 Å². The number of pyridine rings is 1. The van der Waals surface area contributed by atoms with Gasteiger partial charge in [0.1, 0.15) is 11.5 Å². The lowest BCUT2D eigenvalue weighted by Gasteiger charge is -2.02. The number of aromatic nitrogens is 3. The van der Waals surface area contributed by atoms with E-state index in [4.69, 9.17) is 16.9 Å². The summed E-state index contributed by atoms with van der Waals surface area (Å²) in [5.74, 6) is 3.60. The largest absolute Gasteiger partial charge is 0.481 e. The summed E-state index contributed by atoms with van der Waals surface area (Å²) in [7, 11) is 1.57. The summed E-state index contributed by atoms with van der Waals surface area (Å²) < 4.78 is 6.69. The van der Waals surface area contributed by atoms with Crippen LogP contribution in [-0.4, -0.2) is 21.6 Å². The third-order valence-corrected chi connectivity index (χ3v) is 2.36. The molecule has 0 fully saturated rings. The lowest BCUT2D eigenvalue weighted by Crippen LogP contribution is -2.00. The average Bonchev–Trinajstić information content (AvgIpc) is 2.72. The first-order chi connectivity index (χ1) is 8.26. The van der Waals surface area contributed by atoms with Crippen LogP contribution in [0.2, 0.25) is 0 Å². The molecule has 0 spiro atoms. The first kappa shape index (κ1) is 11.0. The van der Waals surface area contributed by atoms with Crippen LogP contribution < -0.4 is 10.5 Å². The van der Waals surface area contributed by atoms with E-state index in [2.05, 4.69) is 15.9 Å². The maximum absolute atomic E-state index is 5.94. The number of hydrogen-bond donors (Lipinski definition) is 1. The molecule has 2 aromatic heterocycles. The fourth-order valence-electron chi connectivity index (χ4n) is 1.48. The highest BCUT2D eigenvalue weighted by Gasteiger charge is 2.09. The molecule has 0 radical (unpaired) electrons. The summed E-state index contributed by atoms with van der Waals surface area (Å²) in [6, 6.07) is 3.61. The molecule has 0 unspecified atom stereocenters. The van der Waals surface area contributed by atoms with Crippen LogP contribution in [0, 0.1) is 12.3 Å². The van der Waals surface area contributed by atoms with Crippen LogP contribution in [0.25, 0.3) is 11.3 Å². The van der Waals surface area contributed by atoms with Crippen molar-refractivity contribution in [1.82, 2.24) is 14.5 Å². The summed E-state index contributed by atoms with van der Waals surface area (Å²) in [6.07, 6.45) is 8.52. The number of hydrogen-bond acceptors (Lipinski definition) is 4. The summed E-state index contributed by atoms with van der Waals surface area (Å²) in [4.78, 5) is 8.32. The predicted octanol–water partition coefficient (Wildman–Crippen LogP) is 1.17. The SMILES string of the molecule is C#CCn1cnc(-c2ccc(OC)nc2)c1N. The summed E-state index contributed by atoms with van der Waals surface area (Å²) in [5, 5.41) is 0. The summed E-state index contributed by atoms with van der Waals surface area (Å²) in [6.45, 7) is 0.405. The van der Waals surface area contributed by atoms with Gasteiger partial charge in [-0.3, -0.25) is 0 Å². The predicted molar refractivity (Wildman–Crippen MR) is 65.3 cm³/mol. The molecular weight excluding hydrogens is 216 g/mol. The monoisotopic (exact) mass is 228 g/mol. The molecule has 0 bridgehead atoms. The molecule has 2 heterocycles. The second kappa shape index (κ2) is 4.58. The molecule has 0 atom stereocenters. The first-order valence-corrected chi connectivity index (χ1v) is 5.00. The van der Waals surface area contributed by atoms with Crippen LogP contribution in [0.5, 0.6) is 5.88 Å². The van der Waals surface area contributed by atoms with Crippen molar-refractivity contribution in [3.8, 4) is 29.5 Å². The average molecular weight is 228 g/mol. The minimum atomic E-state index is 0.405. The third kappa shape index (κ3) is 2.06. The molecule has 0 aliphatic heterocycles. The molecule has 2 N–H and O–H groups in total. The standard InChI is InChI=1S/C12H12N4O/c1-3-6-16-8-15-11(12(16)13)9-4-5-10(17-2)14-7-9/h1,4-5,7-8H,6,13H2,2H3. The van der Waals surface area contributed by atoms with E-state index in [0.717, 1.165) is 5.56 Å². The third-order valence-electron chi connectivity index (χ3n) is 2.36. The molecule has 86 valence electrons. The molecule has 0 amide bonds. The van der Waals surface area contributed by atoms with Gasteiger partial charge in [0.2, 0.25) is 5.88 Å². The van der Waals surface area contributed by atoms with Gasteiger partial charge in [0.25, 0.3) is 0 Å². The maximum Gasteiger partial charge on any atom is 0.212 e. The van der Waals surface area contributed by atoms with Crippen molar-refractivity contribution in [1.29, 1.82) is 0 Å². The molecule has 0 aliphatic carbocycles. The number of ether oxygens (including phenoxy) is 1. The number of imidazole rings is 1. The molecule has 2 aromatic rings. The molecule has 5 heteroatoms. The van der Waals surface area contributed by atoms with Gasteiger partial charge in [-0.2, -0.15) is 0 Å². The molecule has 5 nitrogen and oxygen atoms in total. The van der Waals surface area contributed by atoms with Crippen LogP contribution in [0.15, 0.2) is 24.7 Å². The molecule has 0 aliphatic rings. The number of nitrogens with two attached hydrogens (primary N) is 1. The smallest absolute Gasteiger partial charge is 0.212 e. The molecule has 0 aromatic carbocycles. The number of nitrogen functional groups attached to an aromatic ring is 1. The van der Waals surface area contributed by atoms with Crippen molar-refractivity contribution in [3.05, 3.63) is 24.7 Å². The fraction of sp³-hybridized carbons (Fsp3) is 0.167. The normalized spacial score (nSPS) is 9.88. The Morgan fingerprint density at radius 2 is 2.29 bits per heavy atom. The minimum absolute atomic E-state index is 0.405. The Kier molecular flexibility index (Phi) is 2.97. The summed E-state index contributed by atoms with van der Waals surface area (Å²) >= 11 is 0. The van der Waals surface area contributed by atoms with Crippen molar-refractivity contribution >= 4 is 5.82 Å². The van der Waals surface area contributed by atoms with Gasteiger partial charge < -0.3 is 15.0 Å². The lowest BCUT2D eigenvalue weighted by atomic mass is 10.2. The minimum Gasteiger partial charge on any atom is -0.481 e. The Labute approximate surface area is 99.3 Å². The second-order valence-electron chi connectivity index (χ2n) is 3.40. The van der Waals surface area contributed by atoms with Crippen molar-refractivity contribution in [3.63, 3.8) is 0 Å². The van der Waals surface area contributed by atoms with Gasteiger partial charge in [-0.1, -0.05) is 5.92 Å². The Balaban J connectivity index is 2.36. The first-order valence-electron chi connectivity index (χ1n) is 5.00. The van der Waals surface area contributed by atoms with E-state index in [1.54, 1.807) is 30.3 Å². The Morgan fingerprint density at radius 1 is 1.47 bits per heavy atom. The van der Waals surface area contributed by atoms with Gasteiger partial charge in [-0.05, 0) is 6.07 Å². The van der Waals surface area contributed by atoms with E-state index >= 15 is 0 Å². The zero-order chi connectivity index (χ0) is 12.3. The van der Waals surface area contributed by atoms with Gasteiger partial charge in [0, 0.05) is 17.8 Å². The van der Waals surface area contributed by atoms with Crippen molar-refractivity contribution in [2.75, 3.05) is 12.8 Å². The highest BCUT2D eigenvalue weighted by atomic mass is 16.5. The molecule has 2 rings (SSSR count). The van der Waals surface area contributed by atoms with E-state index in [1.807, 2.05) is 6.07 Å². The molecule has 17 heavy (non-hydrogen) atoms. The molecular formula is C12H12N4O. The zero-order valence-electron chi connectivity index (χ0n) is 9.42. The second-order valence-corrected chi connectivity index (χ2v) is 3.40. The van der Waals surface area contributed by atoms with Gasteiger partial charge in [0.15, 0.2) is 0 Å². The molecule has 0 saturated carbocycles. The van der Waals surface area contributed by atoms with E-state index in [-0.39, 0.29) is 0 Å². The van der Waals surface area contributed by atoms with Gasteiger partial charge >= 0.3 is 0 Å². The Bertz CT molecular complexity index is 551. The van der Waals surface area contributed by atoms with E-state index < -0.39 is 0 Å². The van der Waals surface area contributed by atoms with Crippen LogP contribution in [-0.2, 0) is 6.54 Å². The zero-order valence-corrected chi connectivity index (χ0v) is 9.42. The van der Waals surface area contributed by atoms with E-state index in [0.29, 0.717) is 23.9 Å². The van der Waals surface area contributed by atoms with Crippen LogP contribution in [0.4, 0.5) is 5.82 Å². The van der Waals surface area contributed by atoms with E-state index in [1.165, 1.54) is 0 Å². The fourth-order valence-corrected chi connectivity index (χ4v) is 1.48. The number of anilines is 1. The highest BCUT2D eigenvalue weighted by Crippen LogP contribution is 2.24. The van der Waals surface area contributed by atoms with Gasteiger partial charge in [-0.15, -0.1) is 6.42 Å². The highest BCUT2D eigenvalue weighted by molar-refractivity contribution is 5.69. The van der Waals surface area contributed by atoms with Gasteiger partial charge in [-0.25, -0.2) is 9.97 Å². The van der Waals surface area contributed by atoms with Crippen molar-refractivity contribution < 1.29 is 4.74 Å². The lowest BCUT2D eigenvalue weighted by molar-refractivity contribution is 0.398. The van der Waals surface area contributed by atoms with Crippen LogP contribution in [0.1, 0.15) is 0 Å². The van der Waals surface area contributed by atoms with Gasteiger partial charge in [0.05, 0.1) is 20.0 Å². The maximum atomic E-state index is 5.94. The topological polar surface area (TPSA) is 66.0 Å². The number of nitrogens with zero attached hydrogens (tertiary/aromatic N) is 3. The van der Waals surface area contributed by atoms with Crippen molar-refractivity contribution in [2.24, 2.45) is 0 Å². The van der Waals surface area contributed by atoms with Crippen LogP contribution in [0.3, 0.4) is 0 Å². The number of rotatable bonds is 3. The quantitative estimate of drug-likeness (QED) is 0.801. The Hall–Kier alpha value is -2.48. The number of methoxy groups -OCH3 is 1. The summed E-state index contributed by atoms with van der Waals surface area (Å²) in [5.41, 5.74) is 7.45. The van der Waals surface area contributed by atoms with Crippen LogP contribution >= 0.6 is 0 Å². The molecule has 0 saturated heterocycles. The Morgan fingerprint density at radius 3 is 2.88 bits per heavy atom. The number of terminal acetylenes is 1.